The molecular weight excluding hydrogens is 278 g/mol. The summed E-state index contributed by atoms with van der Waals surface area (Å²) in [6, 6.07) is 28.8. The summed E-state index contributed by atoms with van der Waals surface area (Å²) in [5.41, 5.74) is 4.52. The van der Waals surface area contributed by atoms with Crippen LogP contribution in [0, 0.1) is 18.8 Å². The van der Waals surface area contributed by atoms with Crippen LogP contribution in [-0.2, 0) is 0 Å². The molecule has 0 aliphatic heterocycles. The van der Waals surface area contributed by atoms with Crippen molar-refractivity contribution in [1.29, 1.82) is 0 Å². The first-order valence-electron chi connectivity index (χ1n) is 7.76. The van der Waals surface area contributed by atoms with E-state index in [1.165, 1.54) is 5.56 Å². The third-order valence-electron chi connectivity index (χ3n) is 3.63. The molecule has 0 heterocycles. The van der Waals surface area contributed by atoms with E-state index in [0.29, 0.717) is 0 Å². The van der Waals surface area contributed by atoms with Gasteiger partial charge in [-0.3, -0.25) is 0 Å². The van der Waals surface area contributed by atoms with E-state index in [-0.39, 0.29) is 6.04 Å². The number of aryl methyl sites for hydroxylation is 1. The molecule has 0 spiro atoms. The molecule has 0 aromatic heterocycles. The van der Waals surface area contributed by atoms with Gasteiger partial charge < -0.3 is 5.32 Å². The van der Waals surface area contributed by atoms with Gasteiger partial charge in [0, 0.05) is 11.3 Å². The predicted octanol–water partition coefficient (Wildman–Crippen LogP) is 5.20. The van der Waals surface area contributed by atoms with E-state index >= 15 is 0 Å². The first-order valence-corrected chi connectivity index (χ1v) is 7.76. The van der Waals surface area contributed by atoms with Crippen molar-refractivity contribution in [2.45, 2.75) is 13.0 Å². The fraction of sp³-hybridized carbons (Fsp3) is 0.0909. The first kappa shape index (κ1) is 14.9. The fourth-order valence-corrected chi connectivity index (χ4v) is 2.34. The third-order valence-corrected chi connectivity index (χ3v) is 3.63. The monoisotopic (exact) mass is 297 g/mol. The molecule has 0 amide bonds. The highest BCUT2D eigenvalue weighted by Gasteiger charge is 2.07. The maximum Gasteiger partial charge on any atom is 0.114 e. The second-order valence-corrected chi connectivity index (χ2v) is 5.49. The standard InChI is InChI=1S/C22H19N/c1-18-12-15-21(16-13-18)23-22(20-10-6-3-7-11-20)17-14-19-8-4-2-5-9-19/h2-13,15-16,22-23H,1H3. The Morgan fingerprint density at radius 1 is 0.739 bits per heavy atom. The molecule has 1 unspecified atom stereocenters. The Morgan fingerprint density at radius 2 is 1.35 bits per heavy atom. The number of anilines is 1. The molecule has 1 atom stereocenters. The van der Waals surface area contributed by atoms with Gasteiger partial charge in [0.2, 0.25) is 0 Å². The molecule has 112 valence electrons. The van der Waals surface area contributed by atoms with Crippen LogP contribution in [0.4, 0.5) is 5.69 Å². The van der Waals surface area contributed by atoms with E-state index in [1.54, 1.807) is 0 Å². The van der Waals surface area contributed by atoms with E-state index in [2.05, 4.69) is 60.5 Å². The fourth-order valence-electron chi connectivity index (χ4n) is 2.34. The lowest BCUT2D eigenvalue weighted by molar-refractivity contribution is 1.02. The van der Waals surface area contributed by atoms with Crippen molar-refractivity contribution in [3.05, 3.63) is 102 Å². The SMILES string of the molecule is Cc1ccc(NC(C#Cc2ccccc2)c2ccccc2)cc1. The van der Waals surface area contributed by atoms with Crippen molar-refractivity contribution in [3.8, 4) is 11.8 Å². The van der Waals surface area contributed by atoms with Crippen molar-refractivity contribution in [2.75, 3.05) is 5.32 Å². The highest BCUT2D eigenvalue weighted by atomic mass is 14.9. The van der Waals surface area contributed by atoms with Gasteiger partial charge in [0.25, 0.3) is 0 Å². The summed E-state index contributed by atoms with van der Waals surface area (Å²) in [5.74, 6) is 6.62. The van der Waals surface area contributed by atoms with Crippen molar-refractivity contribution in [2.24, 2.45) is 0 Å². The predicted molar refractivity (Wildman–Crippen MR) is 97.3 cm³/mol. The van der Waals surface area contributed by atoms with Crippen LogP contribution in [0.25, 0.3) is 0 Å². The molecule has 3 aromatic carbocycles. The zero-order valence-corrected chi connectivity index (χ0v) is 13.2. The van der Waals surface area contributed by atoms with Crippen molar-refractivity contribution in [3.63, 3.8) is 0 Å². The number of rotatable bonds is 3. The summed E-state index contributed by atoms with van der Waals surface area (Å²) >= 11 is 0. The number of hydrogen-bond acceptors (Lipinski definition) is 1. The lowest BCUT2D eigenvalue weighted by Crippen LogP contribution is -2.08. The second kappa shape index (κ2) is 7.33. The topological polar surface area (TPSA) is 12.0 Å². The summed E-state index contributed by atoms with van der Waals surface area (Å²) in [4.78, 5) is 0. The summed E-state index contributed by atoms with van der Waals surface area (Å²) in [6.07, 6.45) is 0. The molecule has 3 aromatic rings. The summed E-state index contributed by atoms with van der Waals surface area (Å²) in [6.45, 7) is 2.09. The van der Waals surface area contributed by atoms with Crippen molar-refractivity contribution >= 4 is 5.69 Å². The third kappa shape index (κ3) is 4.25. The van der Waals surface area contributed by atoms with Crippen LogP contribution in [0.3, 0.4) is 0 Å². The Kier molecular flexibility index (Phi) is 4.76. The van der Waals surface area contributed by atoms with Gasteiger partial charge in [0.1, 0.15) is 6.04 Å². The van der Waals surface area contributed by atoms with Gasteiger partial charge in [0.15, 0.2) is 0 Å². The van der Waals surface area contributed by atoms with Crippen LogP contribution >= 0.6 is 0 Å². The minimum absolute atomic E-state index is 0.0425. The molecule has 1 N–H and O–H groups in total. The maximum absolute atomic E-state index is 3.52. The zero-order chi connectivity index (χ0) is 15.9. The number of hydrogen-bond donors (Lipinski definition) is 1. The smallest absolute Gasteiger partial charge is 0.114 e. The van der Waals surface area contributed by atoms with Gasteiger partial charge in [-0.05, 0) is 36.8 Å². The Labute approximate surface area is 138 Å². The lowest BCUT2D eigenvalue weighted by Gasteiger charge is -2.15. The molecule has 0 aliphatic rings. The molecule has 0 saturated carbocycles. The quantitative estimate of drug-likeness (QED) is 0.655. The number of benzene rings is 3. The van der Waals surface area contributed by atoms with E-state index < -0.39 is 0 Å². The van der Waals surface area contributed by atoms with E-state index in [9.17, 15) is 0 Å². The molecule has 23 heavy (non-hydrogen) atoms. The van der Waals surface area contributed by atoms with E-state index in [0.717, 1.165) is 16.8 Å². The van der Waals surface area contributed by atoms with Crippen LogP contribution in [0.5, 0.6) is 0 Å². The van der Waals surface area contributed by atoms with Gasteiger partial charge in [-0.15, -0.1) is 0 Å². The number of nitrogens with one attached hydrogen (secondary N) is 1. The van der Waals surface area contributed by atoms with Crippen LogP contribution in [0.2, 0.25) is 0 Å². The van der Waals surface area contributed by atoms with Gasteiger partial charge in [0.05, 0.1) is 0 Å². The molecule has 0 fully saturated rings. The average Bonchev–Trinajstić information content (AvgIpc) is 2.62. The highest BCUT2D eigenvalue weighted by molar-refractivity contribution is 5.50. The molecule has 0 bridgehead atoms. The highest BCUT2D eigenvalue weighted by Crippen LogP contribution is 2.19. The molecule has 0 saturated heterocycles. The Morgan fingerprint density at radius 3 is 2.00 bits per heavy atom. The maximum atomic E-state index is 3.52. The minimum atomic E-state index is -0.0425. The van der Waals surface area contributed by atoms with Gasteiger partial charge in [-0.25, -0.2) is 0 Å². The van der Waals surface area contributed by atoms with Crippen LogP contribution in [0.1, 0.15) is 22.7 Å². The van der Waals surface area contributed by atoms with Crippen molar-refractivity contribution < 1.29 is 0 Å². The Bertz CT molecular complexity index is 793. The average molecular weight is 297 g/mol. The van der Waals surface area contributed by atoms with Crippen molar-refractivity contribution in [1.82, 2.24) is 0 Å². The molecule has 0 radical (unpaired) electrons. The summed E-state index contributed by atoms with van der Waals surface area (Å²) in [7, 11) is 0. The summed E-state index contributed by atoms with van der Waals surface area (Å²) in [5, 5.41) is 3.52. The van der Waals surface area contributed by atoms with Crippen LogP contribution in [-0.4, -0.2) is 0 Å². The van der Waals surface area contributed by atoms with E-state index in [4.69, 9.17) is 0 Å². The largest absolute Gasteiger partial charge is 0.368 e. The second-order valence-electron chi connectivity index (χ2n) is 5.49. The lowest BCUT2D eigenvalue weighted by atomic mass is 10.1. The van der Waals surface area contributed by atoms with Crippen LogP contribution in [0.15, 0.2) is 84.9 Å². The molecular formula is C22H19N. The Hall–Kier alpha value is -2.98. The summed E-state index contributed by atoms with van der Waals surface area (Å²) < 4.78 is 0. The van der Waals surface area contributed by atoms with E-state index in [1.807, 2.05) is 48.5 Å². The minimum Gasteiger partial charge on any atom is -0.368 e. The molecule has 1 nitrogen and oxygen atoms in total. The first-order chi connectivity index (χ1) is 11.3. The van der Waals surface area contributed by atoms with Gasteiger partial charge in [-0.2, -0.15) is 0 Å². The Balaban J connectivity index is 1.88. The molecule has 3 rings (SSSR count). The van der Waals surface area contributed by atoms with Gasteiger partial charge >= 0.3 is 0 Å². The zero-order valence-electron chi connectivity index (χ0n) is 13.2. The normalized spacial score (nSPS) is 11.2. The van der Waals surface area contributed by atoms with Crippen LogP contribution < -0.4 is 5.32 Å². The molecule has 0 aliphatic carbocycles. The van der Waals surface area contributed by atoms with Gasteiger partial charge in [-0.1, -0.05) is 78.1 Å². The molecule has 1 heteroatoms.